The van der Waals surface area contributed by atoms with Gasteiger partial charge in [0, 0.05) is 44.0 Å². The Morgan fingerprint density at radius 3 is 3.09 bits per heavy atom. The number of rotatable bonds is 4. The van der Waals surface area contributed by atoms with E-state index in [2.05, 4.69) is 16.8 Å². The first kappa shape index (κ1) is 16.4. The Balaban J connectivity index is 1.76. The lowest BCUT2D eigenvalue weighted by Crippen LogP contribution is -2.45. The summed E-state index contributed by atoms with van der Waals surface area (Å²) in [4.78, 5) is 18.5. The first-order valence-electron chi connectivity index (χ1n) is 8.49. The monoisotopic (exact) mass is 319 g/mol. The minimum absolute atomic E-state index is 0.316. The molecular formula is C17H25N3O3. The van der Waals surface area contributed by atoms with Crippen LogP contribution >= 0.6 is 0 Å². The number of ether oxygens (including phenoxy) is 1. The Morgan fingerprint density at radius 1 is 1.52 bits per heavy atom. The minimum atomic E-state index is -0.514. The molecule has 23 heavy (non-hydrogen) atoms. The van der Waals surface area contributed by atoms with E-state index in [1.807, 2.05) is 6.07 Å². The van der Waals surface area contributed by atoms with Gasteiger partial charge in [-0.1, -0.05) is 6.92 Å². The van der Waals surface area contributed by atoms with E-state index in [0.29, 0.717) is 17.7 Å². The predicted octanol–water partition coefficient (Wildman–Crippen LogP) is 1.91. The zero-order valence-electron chi connectivity index (χ0n) is 13.6. The topological polar surface area (TPSA) is 74.7 Å². The molecule has 1 aromatic rings. The van der Waals surface area contributed by atoms with Crippen LogP contribution in [0.5, 0.6) is 0 Å². The number of aromatic nitrogens is 1. The van der Waals surface area contributed by atoms with Crippen LogP contribution in [0.1, 0.15) is 54.2 Å². The fourth-order valence-electron chi connectivity index (χ4n) is 3.58. The maximum Gasteiger partial charge on any atom is 0.276 e. The Labute approximate surface area is 136 Å². The van der Waals surface area contributed by atoms with Gasteiger partial charge in [-0.2, -0.15) is 0 Å². The highest BCUT2D eigenvalue weighted by molar-refractivity contribution is 5.93. The number of hydrogen-bond acceptors (Lipinski definition) is 5. The molecule has 0 unspecified atom stereocenters. The fourth-order valence-corrected chi connectivity index (χ4v) is 3.58. The maximum atomic E-state index is 11.6. The molecule has 3 rings (SSSR count). The lowest BCUT2D eigenvalue weighted by Gasteiger charge is -2.38. The molecule has 0 radical (unpaired) electrons. The van der Waals surface area contributed by atoms with Crippen LogP contribution in [-0.4, -0.2) is 46.3 Å². The van der Waals surface area contributed by atoms with Crippen LogP contribution in [-0.2, 0) is 17.7 Å². The van der Waals surface area contributed by atoms with E-state index < -0.39 is 5.91 Å². The summed E-state index contributed by atoms with van der Waals surface area (Å²) < 4.78 is 5.89. The van der Waals surface area contributed by atoms with Gasteiger partial charge in [-0.25, -0.2) is 5.48 Å². The second-order valence-electron chi connectivity index (χ2n) is 6.45. The third-order valence-corrected chi connectivity index (χ3v) is 4.93. The van der Waals surface area contributed by atoms with E-state index in [1.54, 1.807) is 5.48 Å². The van der Waals surface area contributed by atoms with Crippen LogP contribution in [0.2, 0.25) is 0 Å². The summed E-state index contributed by atoms with van der Waals surface area (Å²) in [6.07, 6.45) is 7.37. The summed E-state index contributed by atoms with van der Waals surface area (Å²) in [6, 6.07) is 2.31. The second kappa shape index (κ2) is 7.38. The molecule has 3 heterocycles. The van der Waals surface area contributed by atoms with Crippen LogP contribution < -0.4 is 5.48 Å². The molecule has 0 aromatic carbocycles. The van der Waals surface area contributed by atoms with Crippen molar-refractivity contribution in [3.05, 3.63) is 29.1 Å². The van der Waals surface area contributed by atoms with Gasteiger partial charge >= 0.3 is 0 Å². The van der Waals surface area contributed by atoms with Gasteiger partial charge in [0.25, 0.3) is 5.91 Å². The zero-order valence-corrected chi connectivity index (χ0v) is 13.6. The number of nitrogens with one attached hydrogen (secondary N) is 1. The molecular weight excluding hydrogens is 294 g/mol. The van der Waals surface area contributed by atoms with Crippen LogP contribution in [0, 0.1) is 0 Å². The Morgan fingerprint density at radius 2 is 2.39 bits per heavy atom. The number of pyridine rings is 1. The largest absolute Gasteiger partial charge is 0.377 e. The zero-order chi connectivity index (χ0) is 16.2. The molecule has 126 valence electrons. The highest BCUT2D eigenvalue weighted by Crippen LogP contribution is 2.26. The van der Waals surface area contributed by atoms with Gasteiger partial charge in [-0.3, -0.25) is 19.9 Å². The van der Waals surface area contributed by atoms with E-state index in [1.165, 1.54) is 19.0 Å². The molecule has 0 spiro atoms. The van der Waals surface area contributed by atoms with Crippen molar-refractivity contribution in [3.63, 3.8) is 0 Å². The third kappa shape index (κ3) is 3.71. The molecule has 1 aromatic heterocycles. The number of carbonyl (C=O) groups is 1. The standard InChI is InChI=1S/C17H25N3O3/c1-2-14-8-16-13(7-12(9-18-16)17(21)19-22)10-20(14)11-15-5-3-4-6-23-15/h7,9,14-15,22H,2-6,8,10-11H2,1H3,(H,19,21)/t14-,15-/m0/s1. The van der Waals surface area contributed by atoms with Crippen molar-refractivity contribution in [2.45, 2.75) is 57.7 Å². The number of nitrogens with zero attached hydrogens (tertiary/aromatic N) is 2. The molecule has 1 fully saturated rings. The highest BCUT2D eigenvalue weighted by Gasteiger charge is 2.29. The van der Waals surface area contributed by atoms with E-state index in [4.69, 9.17) is 9.94 Å². The van der Waals surface area contributed by atoms with Gasteiger partial charge in [-0.05, 0) is 37.3 Å². The van der Waals surface area contributed by atoms with E-state index >= 15 is 0 Å². The first-order chi connectivity index (χ1) is 11.2. The summed E-state index contributed by atoms with van der Waals surface area (Å²) in [5.74, 6) is -0.514. The van der Waals surface area contributed by atoms with Gasteiger partial charge in [-0.15, -0.1) is 0 Å². The molecule has 2 aliphatic heterocycles. The predicted molar refractivity (Wildman–Crippen MR) is 85.3 cm³/mol. The van der Waals surface area contributed by atoms with Crippen molar-refractivity contribution in [1.82, 2.24) is 15.4 Å². The lowest BCUT2D eigenvalue weighted by molar-refractivity contribution is -0.0182. The Hall–Kier alpha value is -1.50. The van der Waals surface area contributed by atoms with Crippen LogP contribution in [0.3, 0.4) is 0 Å². The summed E-state index contributed by atoms with van der Waals surface area (Å²) in [7, 11) is 0. The van der Waals surface area contributed by atoms with Crippen LogP contribution in [0.25, 0.3) is 0 Å². The maximum absolute atomic E-state index is 11.6. The van der Waals surface area contributed by atoms with Crippen molar-refractivity contribution < 1.29 is 14.7 Å². The molecule has 0 saturated carbocycles. The lowest BCUT2D eigenvalue weighted by atomic mass is 9.95. The summed E-state index contributed by atoms with van der Waals surface area (Å²) >= 11 is 0. The number of amides is 1. The second-order valence-corrected chi connectivity index (χ2v) is 6.45. The first-order valence-corrected chi connectivity index (χ1v) is 8.49. The van der Waals surface area contributed by atoms with Crippen molar-refractivity contribution in [2.24, 2.45) is 0 Å². The van der Waals surface area contributed by atoms with Gasteiger partial charge < -0.3 is 4.74 Å². The average Bonchev–Trinajstić information content (AvgIpc) is 2.60. The fraction of sp³-hybridized carbons (Fsp3) is 0.647. The van der Waals surface area contributed by atoms with Gasteiger partial charge in [0.15, 0.2) is 0 Å². The molecule has 1 saturated heterocycles. The van der Waals surface area contributed by atoms with Crippen molar-refractivity contribution in [2.75, 3.05) is 13.2 Å². The Kier molecular flexibility index (Phi) is 5.25. The van der Waals surface area contributed by atoms with Gasteiger partial charge in [0.1, 0.15) is 0 Å². The normalized spacial score (nSPS) is 25.0. The molecule has 2 N–H and O–H groups in total. The molecule has 0 aliphatic carbocycles. The van der Waals surface area contributed by atoms with Crippen molar-refractivity contribution in [3.8, 4) is 0 Å². The molecule has 0 bridgehead atoms. The Bertz CT molecular complexity index is 558. The van der Waals surface area contributed by atoms with Crippen LogP contribution in [0.15, 0.2) is 12.3 Å². The van der Waals surface area contributed by atoms with Gasteiger partial charge in [0.05, 0.1) is 11.7 Å². The molecule has 6 heteroatoms. The molecule has 2 atom stereocenters. The number of fused-ring (bicyclic) bond motifs is 1. The average molecular weight is 319 g/mol. The van der Waals surface area contributed by atoms with E-state index in [9.17, 15) is 4.79 Å². The van der Waals surface area contributed by atoms with Gasteiger partial charge in [0.2, 0.25) is 0 Å². The summed E-state index contributed by atoms with van der Waals surface area (Å²) in [5, 5.41) is 8.79. The number of hydrogen-bond donors (Lipinski definition) is 2. The summed E-state index contributed by atoms with van der Waals surface area (Å²) in [6.45, 7) is 4.80. The minimum Gasteiger partial charge on any atom is -0.377 e. The number of carbonyl (C=O) groups excluding carboxylic acids is 1. The molecule has 6 nitrogen and oxygen atoms in total. The van der Waals surface area contributed by atoms with E-state index in [-0.39, 0.29) is 0 Å². The summed E-state index contributed by atoms with van der Waals surface area (Å²) in [5.41, 5.74) is 4.21. The van der Waals surface area contributed by atoms with Crippen LogP contribution in [0.4, 0.5) is 0 Å². The smallest absolute Gasteiger partial charge is 0.276 e. The molecule has 1 amide bonds. The molecule has 2 aliphatic rings. The third-order valence-electron chi connectivity index (χ3n) is 4.93. The number of hydroxylamine groups is 1. The van der Waals surface area contributed by atoms with Crippen molar-refractivity contribution >= 4 is 5.91 Å². The van der Waals surface area contributed by atoms with Crippen molar-refractivity contribution in [1.29, 1.82) is 0 Å². The quantitative estimate of drug-likeness (QED) is 0.655. The highest BCUT2D eigenvalue weighted by atomic mass is 16.5. The SMILES string of the molecule is CC[C@H]1Cc2ncc(C(=O)NO)cc2CN1C[C@@H]1CCCCO1. The van der Waals surface area contributed by atoms with E-state index in [0.717, 1.165) is 50.2 Å².